The van der Waals surface area contributed by atoms with Crippen molar-refractivity contribution in [1.82, 2.24) is 64.5 Å². The molecular weight excluding hydrogens is 1600 g/mol. The monoisotopic (exact) mass is 1740 g/mol. The molecule has 16 aliphatic carbocycles. The predicted molar refractivity (Wildman–Crippen MR) is 493 cm³/mol. The molecule has 24 rings (SSSR count). The van der Waals surface area contributed by atoms with Crippen LogP contribution in [-0.2, 0) is 45.4 Å². The summed E-state index contributed by atoms with van der Waals surface area (Å²) in [4.78, 5) is 68.6. The van der Waals surface area contributed by atoms with Crippen molar-refractivity contribution >= 4 is 67.3 Å². The zero-order valence-corrected chi connectivity index (χ0v) is 78.0. The van der Waals surface area contributed by atoms with E-state index in [9.17, 15) is 39.6 Å². The van der Waals surface area contributed by atoms with Crippen molar-refractivity contribution in [2.24, 2.45) is 164 Å². The summed E-state index contributed by atoms with van der Waals surface area (Å²) < 4.78 is 5.40. The van der Waals surface area contributed by atoms with Crippen LogP contribution >= 0.6 is 0 Å². The number of pyridine rings is 3. The number of fused-ring (bicyclic) bond motifs is 24. The maximum atomic E-state index is 13.6. The lowest BCUT2D eigenvalue weighted by Crippen LogP contribution is -2.51. The molecule has 0 saturated heterocycles. The van der Waals surface area contributed by atoms with E-state index in [0.29, 0.717) is 96.7 Å². The number of ketones is 4. The van der Waals surface area contributed by atoms with Gasteiger partial charge in [0.2, 0.25) is 0 Å². The van der Waals surface area contributed by atoms with Gasteiger partial charge in [-0.2, -0.15) is 25.2 Å². The largest absolute Gasteiger partial charge is 0.390 e. The van der Waals surface area contributed by atoms with Gasteiger partial charge in [-0.05, 0) is 441 Å². The molecule has 0 unspecified atom stereocenters. The Morgan fingerprint density at radius 1 is 0.328 bits per heavy atom. The summed E-state index contributed by atoms with van der Waals surface area (Å²) in [6.45, 7) is 19.2. The highest BCUT2D eigenvalue weighted by Crippen LogP contribution is 2.70. The number of hydrogen-bond donors (Lipinski definition) is 4. The van der Waals surface area contributed by atoms with Crippen LogP contribution < -0.4 is 0 Å². The molecule has 16 saturated carbocycles. The van der Waals surface area contributed by atoms with E-state index in [1.54, 1.807) is 45.1 Å². The molecule has 128 heavy (non-hydrogen) atoms. The summed E-state index contributed by atoms with van der Waals surface area (Å²) in [5.41, 5.74) is 5.65. The van der Waals surface area contributed by atoms with Crippen LogP contribution in [0.4, 0.5) is 0 Å². The van der Waals surface area contributed by atoms with Gasteiger partial charge in [0.25, 0.3) is 0 Å². The van der Waals surface area contributed by atoms with E-state index in [1.807, 2.05) is 93.2 Å². The molecule has 8 aromatic rings. The molecule has 7 heterocycles. The molecule has 4 N–H and O–H groups in total. The Hall–Kier alpha value is -7.07. The minimum Gasteiger partial charge on any atom is -0.390 e. The van der Waals surface area contributed by atoms with Crippen molar-refractivity contribution in [3.63, 3.8) is 0 Å². The number of carbonyl (C=O) groups excluding carboxylic acids is 4. The van der Waals surface area contributed by atoms with E-state index in [-0.39, 0.29) is 45.3 Å². The van der Waals surface area contributed by atoms with Gasteiger partial charge in [0.15, 0.2) is 23.1 Å². The maximum Gasteiger partial charge on any atom is 0.159 e. The third kappa shape index (κ3) is 15.9. The number of rotatable bonds is 12. The zero-order valence-electron chi connectivity index (χ0n) is 78.0. The summed E-state index contributed by atoms with van der Waals surface area (Å²) in [6, 6.07) is 17.5. The van der Waals surface area contributed by atoms with Gasteiger partial charge in [-0.1, -0.05) is 45.0 Å². The smallest absolute Gasteiger partial charge is 0.159 e. The van der Waals surface area contributed by atoms with E-state index in [1.165, 1.54) is 154 Å². The van der Waals surface area contributed by atoms with Crippen LogP contribution in [0.5, 0.6) is 0 Å². The second-order valence-electron chi connectivity index (χ2n) is 48.0. The first-order valence-corrected chi connectivity index (χ1v) is 51.4. The van der Waals surface area contributed by atoms with Crippen molar-refractivity contribution in [2.45, 2.75) is 335 Å². The molecule has 1 aromatic carbocycles. The molecule has 0 amide bonds. The van der Waals surface area contributed by atoms with E-state index < -0.39 is 22.4 Å². The fraction of sp³-hybridized carbons (Fsp3) is 0.748. The topological polar surface area (TPSA) is 285 Å². The summed E-state index contributed by atoms with van der Waals surface area (Å²) >= 11 is 0. The number of Topliss-reactive ketones (excluding diaryl/α,β-unsaturated/α-hetero) is 4. The van der Waals surface area contributed by atoms with Crippen molar-refractivity contribution < 1.29 is 39.6 Å². The van der Waals surface area contributed by atoms with Crippen LogP contribution in [0, 0.1) is 164 Å². The SMILES string of the molecule is C[C@@]1(O)CC[C@H]2[C@@H](CC[C@@H]3[C@@H]2CC[C@]2(C)[C@@H](C(=O)Cn4cc5ncccc5n4)CC[C@@H]32)C1.C[C@@]1(O)CC[C@H]2[C@@H](CC[C@@H]3[C@@H]2CC[C@]2(C)[C@@H](C(=O)Cn4ncc5ncccc54)CC[C@@H]32)C1.C[C@@]1(O)CC[C@H]2[C@@H](CC[C@@H]3[C@@H]2CC[C@]2(C)[C@@H](C(=O)Cn4nnc5ccncc54)CC[C@@H]32)C1.C[C@@]1(O)CC[C@H]2[C@@H](CC[C@@H]3[C@@H]2CC[C@]2(C)[C@H](C(=O)Cn4nc5ccccc5n4)CC[C@@H]32)C1. The third-order valence-electron chi connectivity index (χ3n) is 41.1. The normalized spacial score (nSPS) is 43.5. The lowest BCUT2D eigenvalue weighted by atomic mass is 9.49. The number of aliphatic hydroxyl groups is 4. The summed E-state index contributed by atoms with van der Waals surface area (Å²) in [5, 5.41) is 69.0. The first kappa shape index (κ1) is 87.6. The molecule has 0 bridgehead atoms. The molecule has 16 aliphatic rings. The van der Waals surface area contributed by atoms with Crippen LogP contribution in [0.15, 0.2) is 91.8 Å². The van der Waals surface area contributed by atoms with E-state index in [0.717, 1.165) is 192 Å². The Bertz CT molecular complexity index is 5020. The molecule has 16 fully saturated rings. The van der Waals surface area contributed by atoms with Crippen LogP contribution in [0.2, 0.25) is 0 Å². The van der Waals surface area contributed by atoms with Gasteiger partial charge in [0, 0.05) is 42.3 Å². The minimum atomic E-state index is -0.455. The maximum absolute atomic E-state index is 13.6. The Kier molecular flexibility index (Phi) is 22.9. The van der Waals surface area contributed by atoms with Gasteiger partial charge in [-0.3, -0.25) is 43.5 Å². The molecule has 21 nitrogen and oxygen atoms in total. The molecule has 0 aliphatic heterocycles. The van der Waals surface area contributed by atoms with Gasteiger partial charge in [-0.25, -0.2) is 4.68 Å². The van der Waals surface area contributed by atoms with Crippen molar-refractivity contribution in [3.8, 4) is 0 Å². The summed E-state index contributed by atoms with van der Waals surface area (Å²) in [7, 11) is 0. The molecule has 21 heteroatoms. The van der Waals surface area contributed by atoms with E-state index in [4.69, 9.17) is 0 Å². The summed E-state index contributed by atoms with van der Waals surface area (Å²) in [6.07, 6.45) is 52.5. The Morgan fingerprint density at radius 2 is 0.695 bits per heavy atom. The number of nitrogens with zero attached hydrogens (tertiary/aromatic N) is 13. The second-order valence-corrected chi connectivity index (χ2v) is 48.0. The Labute approximate surface area is 757 Å². The molecule has 0 radical (unpaired) electrons. The van der Waals surface area contributed by atoms with Gasteiger partial charge >= 0.3 is 0 Å². The zero-order chi connectivity index (χ0) is 88.3. The van der Waals surface area contributed by atoms with Gasteiger partial charge in [-0.15, -0.1) is 5.10 Å². The molecule has 7 aromatic heterocycles. The highest BCUT2D eigenvalue weighted by atomic mass is 16.3. The van der Waals surface area contributed by atoms with E-state index in [2.05, 4.69) is 73.4 Å². The first-order valence-electron chi connectivity index (χ1n) is 51.4. The van der Waals surface area contributed by atoms with Crippen molar-refractivity contribution in [1.29, 1.82) is 0 Å². The molecular formula is C107H147N13O8. The first-order chi connectivity index (χ1) is 61.4. The van der Waals surface area contributed by atoms with Gasteiger partial charge in [0.1, 0.15) is 58.3 Å². The fourth-order valence-electron chi connectivity index (χ4n) is 35.4. The minimum absolute atomic E-state index is 0.125. The fourth-order valence-corrected chi connectivity index (χ4v) is 35.4. The van der Waals surface area contributed by atoms with Crippen molar-refractivity contribution in [3.05, 3.63) is 91.8 Å². The van der Waals surface area contributed by atoms with Gasteiger partial charge < -0.3 is 20.4 Å². The third-order valence-corrected chi connectivity index (χ3v) is 41.1. The number of aromatic nitrogens is 13. The molecule has 0 spiro atoms. The predicted octanol–water partition coefficient (Wildman–Crippen LogP) is 19.5. The molecule has 32 atom stereocenters. The van der Waals surface area contributed by atoms with E-state index >= 15 is 0 Å². The van der Waals surface area contributed by atoms with Crippen LogP contribution in [0.1, 0.15) is 287 Å². The van der Waals surface area contributed by atoms with Crippen LogP contribution in [0.25, 0.3) is 44.1 Å². The quantitative estimate of drug-likeness (QED) is 0.0884. The number of hydrogen-bond acceptors (Lipinski definition) is 17. The highest BCUT2D eigenvalue weighted by molar-refractivity contribution is 5.86. The van der Waals surface area contributed by atoms with Crippen LogP contribution in [-0.4, -0.2) is 130 Å². The van der Waals surface area contributed by atoms with Gasteiger partial charge in [0.05, 0.1) is 53.1 Å². The summed E-state index contributed by atoms with van der Waals surface area (Å²) in [5.74, 6) is 17.1. The average molecular weight is 1740 g/mol. The highest BCUT2D eigenvalue weighted by Gasteiger charge is 2.64. The Morgan fingerprint density at radius 3 is 1.12 bits per heavy atom. The molecule has 688 valence electrons. The van der Waals surface area contributed by atoms with Crippen LogP contribution in [0.3, 0.4) is 0 Å². The van der Waals surface area contributed by atoms with Crippen molar-refractivity contribution in [2.75, 3.05) is 0 Å². The Balaban J connectivity index is 0.000000104. The lowest BCUT2D eigenvalue weighted by molar-refractivity contribution is -0.133. The number of benzene rings is 1. The average Bonchev–Trinajstić information content (AvgIpc) is 1.07. The standard InChI is InChI=1S/3C27H37N3O2.C26H36N4O2/c1-26(32)11-9-18-17(14-26)5-6-20-19(18)10-12-27(2)21(20)7-8-22(27)25(31)16-30-24-4-3-13-28-23(24)15-29-30;1-26(32)11-9-18-17(14-26)5-6-20-19(18)10-12-27(2)21(20)7-8-22(27)25(31)16-30-15-24-23(29-30)4-3-13-28-24;1-26(32)13-11-18-17(15-26)7-8-20-19(18)12-14-27(2)21(20)9-10-22(27)25(31)16-30-28-23-5-3-4-6-24(23)29-30;1-25(32)10-7-17-16(13-25)3-4-19-18(17)8-11-26(2)20(19)5-6-21(26)24(31)15-30-23-14-27-12-9-22(23)28-29-30/h2*3-4,13,15,17-22,32H,5-12,14,16H2,1-2H3;3-6,17-22,32H,7-16H2,1-2H3;9,12,14,16-21,32H,3-8,10-11,13,15H2,1-2H3/t2*17-,18-,19+,20+,21-,22+,26+,27-;17-,18-,19+,20+,21-,22-,26+,27-;16-,17-,18+,19+,20-,21+,25+,26-/m0000/s1. The number of carbonyl (C=O) groups is 4. The lowest BCUT2D eigenvalue weighted by Gasteiger charge is -2.56. The second kappa shape index (κ2) is 33.5.